The number of amides is 2. The largest absolute Gasteiger partial charge is 0.378 e. The minimum absolute atomic E-state index is 0.174. The first-order valence-electron chi connectivity index (χ1n) is 11.2. The predicted octanol–water partition coefficient (Wildman–Crippen LogP) is 3.28. The molecule has 2 fully saturated rings. The van der Waals surface area contributed by atoms with Crippen molar-refractivity contribution in [3.8, 4) is 0 Å². The molecule has 0 bridgehead atoms. The Bertz CT molecular complexity index is 868. The van der Waals surface area contributed by atoms with Crippen LogP contribution in [0.15, 0.2) is 53.4 Å². The molecule has 2 amide bonds. The third kappa shape index (κ3) is 5.06. The molecule has 0 spiro atoms. The number of fused-ring (bicyclic) bond motifs is 1. The lowest BCUT2D eigenvalue weighted by Crippen LogP contribution is -2.54. The van der Waals surface area contributed by atoms with Crippen molar-refractivity contribution in [2.24, 2.45) is 0 Å². The Hall–Kier alpha value is -2.06. The lowest BCUT2D eigenvalue weighted by molar-refractivity contribution is 0.0373. The smallest absolute Gasteiger partial charge is 0.320 e. The number of urea groups is 1. The molecule has 0 aliphatic carbocycles. The molecule has 2 saturated heterocycles. The Kier molecular flexibility index (Phi) is 6.45. The first-order chi connectivity index (χ1) is 15.2. The Balaban J connectivity index is 1.08. The highest BCUT2D eigenvalue weighted by Crippen LogP contribution is 2.32. The van der Waals surface area contributed by atoms with E-state index in [4.69, 9.17) is 4.74 Å². The van der Waals surface area contributed by atoms with E-state index in [2.05, 4.69) is 57.7 Å². The van der Waals surface area contributed by atoms with Crippen molar-refractivity contribution >= 4 is 18.0 Å². The van der Waals surface area contributed by atoms with Gasteiger partial charge in [-0.15, -0.1) is 0 Å². The van der Waals surface area contributed by atoms with Crippen LogP contribution < -0.4 is 0 Å². The number of carbonyl (C=O) groups excluding carboxylic acids is 1. The molecule has 164 valence electrons. The average Bonchev–Trinajstić information content (AvgIpc) is 3.23. The van der Waals surface area contributed by atoms with Gasteiger partial charge in [0.15, 0.2) is 0 Å². The summed E-state index contributed by atoms with van der Waals surface area (Å²) in [6.07, 6.45) is 0. The van der Waals surface area contributed by atoms with E-state index >= 15 is 0 Å². The zero-order valence-corrected chi connectivity index (χ0v) is 18.7. The molecule has 0 unspecified atom stereocenters. The molecule has 6 nitrogen and oxygen atoms in total. The van der Waals surface area contributed by atoms with Crippen molar-refractivity contribution in [2.75, 3.05) is 52.5 Å². The summed E-state index contributed by atoms with van der Waals surface area (Å²) in [5.41, 5.74) is 4.22. The van der Waals surface area contributed by atoms with E-state index in [1.165, 1.54) is 21.6 Å². The van der Waals surface area contributed by atoms with Crippen LogP contribution in [0, 0.1) is 0 Å². The van der Waals surface area contributed by atoms with E-state index in [0.29, 0.717) is 26.3 Å². The van der Waals surface area contributed by atoms with Crippen molar-refractivity contribution < 1.29 is 9.53 Å². The summed E-state index contributed by atoms with van der Waals surface area (Å²) in [6.45, 7) is 9.18. The summed E-state index contributed by atoms with van der Waals surface area (Å²) in [5, 5.41) is 0. The van der Waals surface area contributed by atoms with Crippen molar-refractivity contribution in [3.05, 3.63) is 65.2 Å². The maximum absolute atomic E-state index is 12.6. The fourth-order valence-electron chi connectivity index (χ4n) is 4.48. The molecular weight excluding hydrogens is 408 g/mol. The molecule has 5 rings (SSSR count). The number of morpholine rings is 1. The Morgan fingerprint density at radius 3 is 2.06 bits per heavy atom. The van der Waals surface area contributed by atoms with Crippen LogP contribution in [0.4, 0.5) is 4.79 Å². The van der Waals surface area contributed by atoms with Crippen LogP contribution in [0.25, 0.3) is 0 Å². The fourth-order valence-corrected chi connectivity index (χ4v) is 5.44. The zero-order chi connectivity index (χ0) is 21.0. The highest BCUT2D eigenvalue weighted by atomic mass is 32.2. The summed E-state index contributed by atoms with van der Waals surface area (Å²) in [6, 6.07) is 17.9. The van der Waals surface area contributed by atoms with E-state index < -0.39 is 0 Å². The molecule has 2 aromatic rings. The van der Waals surface area contributed by atoms with Gasteiger partial charge in [0.05, 0.1) is 13.2 Å². The molecule has 0 radical (unpaired) electrons. The molecule has 7 heteroatoms. The lowest BCUT2D eigenvalue weighted by atomic mass is 10.1. The minimum atomic E-state index is 0.174. The molecule has 3 heterocycles. The third-order valence-corrected chi connectivity index (χ3v) is 7.30. The predicted molar refractivity (Wildman–Crippen MR) is 123 cm³/mol. The van der Waals surface area contributed by atoms with Gasteiger partial charge in [-0.25, -0.2) is 9.10 Å². The van der Waals surface area contributed by atoms with Crippen LogP contribution in [0.1, 0.15) is 16.7 Å². The minimum Gasteiger partial charge on any atom is -0.378 e. The molecular formula is C24H30N4O2S. The molecule has 31 heavy (non-hydrogen) atoms. The number of rotatable bonds is 4. The van der Waals surface area contributed by atoms with Gasteiger partial charge < -0.3 is 14.5 Å². The quantitative estimate of drug-likeness (QED) is 0.685. The van der Waals surface area contributed by atoms with Gasteiger partial charge in [0.1, 0.15) is 0 Å². The van der Waals surface area contributed by atoms with E-state index in [-0.39, 0.29) is 6.03 Å². The van der Waals surface area contributed by atoms with Crippen molar-refractivity contribution in [2.45, 2.75) is 24.5 Å². The van der Waals surface area contributed by atoms with Crippen LogP contribution in [-0.4, -0.2) is 77.5 Å². The van der Waals surface area contributed by atoms with Crippen LogP contribution in [0.3, 0.4) is 0 Å². The molecule has 0 aromatic heterocycles. The Morgan fingerprint density at radius 1 is 0.806 bits per heavy atom. The van der Waals surface area contributed by atoms with Crippen molar-refractivity contribution in [1.82, 2.24) is 19.0 Å². The van der Waals surface area contributed by atoms with Gasteiger partial charge in [-0.1, -0.05) is 36.4 Å². The van der Waals surface area contributed by atoms with Crippen LogP contribution in [-0.2, 0) is 24.4 Å². The van der Waals surface area contributed by atoms with Gasteiger partial charge in [0, 0.05) is 63.8 Å². The van der Waals surface area contributed by atoms with Gasteiger partial charge in [-0.3, -0.25) is 4.90 Å². The monoisotopic (exact) mass is 438 g/mol. The van der Waals surface area contributed by atoms with Gasteiger partial charge in [-0.2, -0.15) is 0 Å². The number of ether oxygens (including phenoxy) is 1. The van der Waals surface area contributed by atoms with Crippen LogP contribution >= 0.6 is 11.9 Å². The first kappa shape index (κ1) is 20.8. The molecule has 0 saturated carbocycles. The van der Waals surface area contributed by atoms with Gasteiger partial charge >= 0.3 is 6.03 Å². The second-order valence-corrected chi connectivity index (χ2v) is 9.62. The number of benzene rings is 2. The number of nitrogens with zero attached hydrogens (tertiary/aromatic N) is 4. The van der Waals surface area contributed by atoms with Crippen molar-refractivity contribution in [1.29, 1.82) is 0 Å². The van der Waals surface area contributed by atoms with Gasteiger partial charge in [0.2, 0.25) is 0 Å². The number of hydrogen-bond donors (Lipinski definition) is 0. The lowest BCUT2D eigenvalue weighted by Gasteiger charge is -2.38. The third-order valence-electron chi connectivity index (χ3n) is 6.30. The Labute approximate surface area is 188 Å². The molecule has 3 aliphatic heterocycles. The Morgan fingerprint density at radius 2 is 1.42 bits per heavy atom. The molecule has 3 aliphatic rings. The van der Waals surface area contributed by atoms with Gasteiger partial charge in [-0.05, 0) is 40.8 Å². The fraction of sp³-hybridized carbons (Fsp3) is 0.458. The number of piperazine rings is 1. The average molecular weight is 439 g/mol. The van der Waals surface area contributed by atoms with Crippen LogP contribution in [0.2, 0.25) is 0 Å². The summed E-state index contributed by atoms with van der Waals surface area (Å²) in [5.74, 6) is 0. The first-order valence-corrected chi connectivity index (χ1v) is 11.9. The topological polar surface area (TPSA) is 39.3 Å². The second kappa shape index (κ2) is 9.61. The standard InChI is InChI=1S/C24H30N4O2S/c29-24(27-13-15-30-16-14-27)26-11-9-25(10-12-26)17-20-5-7-23(8-6-20)31-28-18-21-3-1-2-4-22(21)19-28/h1-8H,9-19H2. The van der Waals surface area contributed by atoms with Gasteiger partial charge in [0.25, 0.3) is 0 Å². The summed E-state index contributed by atoms with van der Waals surface area (Å²) < 4.78 is 7.78. The number of carbonyl (C=O) groups is 1. The SMILES string of the molecule is O=C(N1CCOCC1)N1CCN(Cc2ccc(SN3Cc4ccccc4C3)cc2)CC1. The number of hydrogen-bond acceptors (Lipinski definition) is 5. The zero-order valence-electron chi connectivity index (χ0n) is 17.9. The highest BCUT2D eigenvalue weighted by molar-refractivity contribution is 7.97. The summed E-state index contributed by atoms with van der Waals surface area (Å²) in [4.78, 5) is 20.3. The van der Waals surface area contributed by atoms with E-state index in [1.807, 2.05) is 21.7 Å². The second-order valence-electron chi connectivity index (χ2n) is 8.45. The highest BCUT2D eigenvalue weighted by Gasteiger charge is 2.26. The van der Waals surface area contributed by atoms with Crippen LogP contribution in [0.5, 0.6) is 0 Å². The molecule has 0 atom stereocenters. The maximum Gasteiger partial charge on any atom is 0.320 e. The van der Waals surface area contributed by atoms with E-state index in [9.17, 15) is 4.79 Å². The molecule has 2 aromatic carbocycles. The normalized spacial score (nSPS) is 20.1. The molecule has 0 N–H and O–H groups in total. The van der Waals surface area contributed by atoms with E-state index in [0.717, 1.165) is 45.8 Å². The maximum atomic E-state index is 12.6. The van der Waals surface area contributed by atoms with Crippen molar-refractivity contribution in [3.63, 3.8) is 0 Å². The summed E-state index contributed by atoms with van der Waals surface area (Å²) in [7, 11) is 0. The van der Waals surface area contributed by atoms with E-state index in [1.54, 1.807) is 0 Å². The summed E-state index contributed by atoms with van der Waals surface area (Å²) >= 11 is 1.84.